The van der Waals surface area contributed by atoms with E-state index < -0.39 is 53.0 Å². The molecule has 1 aliphatic heterocycles. The second kappa shape index (κ2) is 6.33. The second-order valence-corrected chi connectivity index (χ2v) is 5.12. The van der Waals surface area contributed by atoms with Crippen molar-refractivity contribution in [3.8, 4) is 0 Å². The van der Waals surface area contributed by atoms with Crippen molar-refractivity contribution in [2.75, 3.05) is 13.1 Å². The van der Waals surface area contributed by atoms with E-state index in [1.807, 2.05) is 0 Å². The van der Waals surface area contributed by atoms with Crippen LogP contribution in [0.1, 0.15) is 18.4 Å². The first-order valence-electron chi connectivity index (χ1n) is 6.63. The number of rotatable bonds is 3. The average molecular weight is 319 g/mol. The number of benzene rings is 1. The summed E-state index contributed by atoms with van der Waals surface area (Å²) in [6.45, 7) is 0.244. The Balaban J connectivity index is 2.09. The standard InChI is InChI=1S/C14H13F4NO3/c15-9-6-10(16)13(18)8(12(9)17)5-11(20)19-3-1-7(2-4-19)14(21)22/h6-7H,1-5H2,(H,21,22). The van der Waals surface area contributed by atoms with Crippen molar-refractivity contribution in [3.05, 3.63) is 34.9 Å². The molecular formula is C14H13F4NO3. The van der Waals surface area contributed by atoms with Crippen LogP contribution in [0.5, 0.6) is 0 Å². The molecule has 0 saturated carbocycles. The zero-order chi connectivity index (χ0) is 16.4. The fraction of sp³-hybridized carbons (Fsp3) is 0.429. The van der Waals surface area contributed by atoms with Crippen LogP contribution in [0.2, 0.25) is 0 Å². The van der Waals surface area contributed by atoms with Gasteiger partial charge < -0.3 is 10.0 Å². The maximum atomic E-state index is 13.5. The molecule has 0 aliphatic carbocycles. The largest absolute Gasteiger partial charge is 0.481 e. The van der Waals surface area contributed by atoms with E-state index in [9.17, 15) is 27.2 Å². The summed E-state index contributed by atoms with van der Waals surface area (Å²) in [5.74, 6) is -8.54. The smallest absolute Gasteiger partial charge is 0.306 e. The van der Waals surface area contributed by atoms with Crippen molar-refractivity contribution >= 4 is 11.9 Å². The van der Waals surface area contributed by atoms with Crippen LogP contribution in [-0.4, -0.2) is 35.0 Å². The first-order valence-corrected chi connectivity index (χ1v) is 6.63. The van der Waals surface area contributed by atoms with Crippen LogP contribution in [-0.2, 0) is 16.0 Å². The Morgan fingerprint density at radius 2 is 1.59 bits per heavy atom. The molecular weight excluding hydrogens is 306 g/mol. The summed E-state index contributed by atoms with van der Waals surface area (Å²) in [7, 11) is 0. The number of carbonyl (C=O) groups excluding carboxylic acids is 1. The Morgan fingerprint density at radius 1 is 1.09 bits per heavy atom. The molecule has 4 nitrogen and oxygen atoms in total. The molecule has 0 unspecified atom stereocenters. The van der Waals surface area contributed by atoms with E-state index in [2.05, 4.69) is 0 Å². The normalized spacial score (nSPS) is 15.9. The number of halogens is 4. The molecule has 120 valence electrons. The van der Waals surface area contributed by atoms with Gasteiger partial charge in [0.1, 0.15) is 0 Å². The van der Waals surface area contributed by atoms with Crippen molar-refractivity contribution in [3.63, 3.8) is 0 Å². The Labute approximate surface area is 123 Å². The topological polar surface area (TPSA) is 57.6 Å². The first kappa shape index (κ1) is 16.3. The van der Waals surface area contributed by atoms with Crippen LogP contribution in [0.3, 0.4) is 0 Å². The lowest BCUT2D eigenvalue weighted by Gasteiger charge is -2.30. The number of likely N-dealkylation sites (tertiary alicyclic amines) is 1. The van der Waals surface area contributed by atoms with E-state index in [4.69, 9.17) is 5.11 Å². The predicted octanol–water partition coefficient (Wildman–Crippen LogP) is 2.11. The monoisotopic (exact) mass is 319 g/mol. The summed E-state index contributed by atoms with van der Waals surface area (Å²) >= 11 is 0. The Bertz CT molecular complexity index is 586. The predicted molar refractivity (Wildman–Crippen MR) is 66.9 cm³/mol. The number of carboxylic acid groups (broad SMARTS) is 1. The van der Waals surface area contributed by atoms with Gasteiger partial charge in [-0.15, -0.1) is 0 Å². The molecule has 0 spiro atoms. The summed E-state index contributed by atoms with van der Waals surface area (Å²) < 4.78 is 53.2. The highest BCUT2D eigenvalue weighted by molar-refractivity contribution is 5.79. The van der Waals surface area contributed by atoms with Gasteiger partial charge in [-0.2, -0.15) is 0 Å². The zero-order valence-corrected chi connectivity index (χ0v) is 11.4. The summed E-state index contributed by atoms with van der Waals surface area (Å²) in [6.07, 6.45) is -0.364. The van der Waals surface area contributed by atoms with Crippen LogP contribution < -0.4 is 0 Å². The van der Waals surface area contributed by atoms with E-state index in [0.29, 0.717) is 0 Å². The number of carboxylic acids is 1. The molecule has 1 fully saturated rings. The number of hydrogen-bond donors (Lipinski definition) is 1. The van der Waals surface area contributed by atoms with Gasteiger partial charge in [0.2, 0.25) is 5.91 Å². The molecule has 22 heavy (non-hydrogen) atoms. The van der Waals surface area contributed by atoms with Crippen molar-refractivity contribution in [2.24, 2.45) is 5.92 Å². The maximum absolute atomic E-state index is 13.5. The minimum absolute atomic E-state index is 0.0804. The highest BCUT2D eigenvalue weighted by Crippen LogP contribution is 2.22. The minimum Gasteiger partial charge on any atom is -0.481 e. The molecule has 1 saturated heterocycles. The highest BCUT2D eigenvalue weighted by Gasteiger charge is 2.29. The number of nitrogens with zero attached hydrogens (tertiary/aromatic N) is 1. The van der Waals surface area contributed by atoms with Crippen molar-refractivity contribution in [1.29, 1.82) is 0 Å². The summed E-state index contributed by atoms with van der Waals surface area (Å²) in [5, 5.41) is 8.85. The average Bonchev–Trinajstić information content (AvgIpc) is 2.49. The van der Waals surface area contributed by atoms with Gasteiger partial charge in [0.15, 0.2) is 23.3 Å². The van der Waals surface area contributed by atoms with E-state index >= 15 is 0 Å². The lowest BCUT2D eigenvalue weighted by atomic mass is 9.96. The molecule has 0 radical (unpaired) electrons. The van der Waals surface area contributed by atoms with Gasteiger partial charge in [-0.1, -0.05) is 0 Å². The van der Waals surface area contributed by atoms with Gasteiger partial charge in [0.05, 0.1) is 12.3 Å². The lowest BCUT2D eigenvalue weighted by molar-refractivity contribution is -0.145. The molecule has 8 heteroatoms. The van der Waals surface area contributed by atoms with E-state index in [1.165, 1.54) is 4.90 Å². The van der Waals surface area contributed by atoms with Crippen molar-refractivity contribution in [2.45, 2.75) is 19.3 Å². The van der Waals surface area contributed by atoms with Gasteiger partial charge in [0.25, 0.3) is 0 Å². The molecule has 2 rings (SSSR count). The van der Waals surface area contributed by atoms with E-state index in [-0.39, 0.29) is 32.0 Å². The fourth-order valence-corrected chi connectivity index (χ4v) is 2.42. The van der Waals surface area contributed by atoms with Gasteiger partial charge in [-0.05, 0) is 12.8 Å². The minimum atomic E-state index is -1.59. The maximum Gasteiger partial charge on any atom is 0.306 e. The van der Waals surface area contributed by atoms with Crippen molar-refractivity contribution < 1.29 is 32.3 Å². The third-order valence-corrected chi connectivity index (χ3v) is 3.73. The molecule has 1 amide bonds. The third-order valence-electron chi connectivity index (χ3n) is 3.73. The first-order chi connectivity index (χ1) is 10.3. The van der Waals surface area contributed by atoms with Crippen LogP contribution in [0.4, 0.5) is 17.6 Å². The summed E-state index contributed by atoms with van der Waals surface area (Å²) in [5.41, 5.74) is -0.956. The Hall–Kier alpha value is -2.12. The molecule has 0 atom stereocenters. The zero-order valence-electron chi connectivity index (χ0n) is 11.4. The molecule has 0 aromatic heterocycles. The Morgan fingerprint density at radius 3 is 2.05 bits per heavy atom. The van der Waals surface area contributed by atoms with Crippen LogP contribution >= 0.6 is 0 Å². The van der Waals surface area contributed by atoms with E-state index in [1.54, 1.807) is 0 Å². The molecule has 1 aromatic rings. The molecule has 1 heterocycles. The van der Waals surface area contributed by atoms with E-state index in [0.717, 1.165) is 0 Å². The third kappa shape index (κ3) is 3.20. The lowest BCUT2D eigenvalue weighted by Crippen LogP contribution is -2.41. The second-order valence-electron chi connectivity index (χ2n) is 5.12. The van der Waals surface area contributed by atoms with Crippen molar-refractivity contribution in [1.82, 2.24) is 4.90 Å². The summed E-state index contributed by atoms with van der Waals surface area (Å²) in [6, 6.07) is 0.0804. The molecule has 1 aliphatic rings. The number of carbonyl (C=O) groups is 2. The van der Waals surface area contributed by atoms with Gasteiger partial charge in [0, 0.05) is 24.7 Å². The molecule has 1 aromatic carbocycles. The van der Waals surface area contributed by atoms with Gasteiger partial charge in [-0.25, -0.2) is 17.6 Å². The SMILES string of the molecule is O=C(O)C1CCN(C(=O)Cc2c(F)c(F)cc(F)c2F)CC1. The van der Waals surface area contributed by atoms with Gasteiger partial charge >= 0.3 is 5.97 Å². The fourth-order valence-electron chi connectivity index (χ4n) is 2.42. The summed E-state index contributed by atoms with van der Waals surface area (Å²) in [4.78, 5) is 24.0. The molecule has 1 N–H and O–H groups in total. The Kier molecular flexibility index (Phi) is 4.68. The van der Waals surface area contributed by atoms with Crippen LogP contribution in [0, 0.1) is 29.2 Å². The van der Waals surface area contributed by atoms with Gasteiger partial charge in [-0.3, -0.25) is 9.59 Å². The molecule has 0 bridgehead atoms. The number of amides is 1. The number of piperidine rings is 1. The highest BCUT2D eigenvalue weighted by atomic mass is 19.2. The van der Waals surface area contributed by atoms with Crippen LogP contribution in [0.15, 0.2) is 6.07 Å². The quantitative estimate of drug-likeness (QED) is 0.686. The van der Waals surface area contributed by atoms with Crippen LogP contribution in [0.25, 0.3) is 0 Å². The number of aliphatic carboxylic acids is 1. The number of hydrogen-bond acceptors (Lipinski definition) is 2.